The summed E-state index contributed by atoms with van der Waals surface area (Å²) in [5.41, 5.74) is 2.97. The molecule has 1 atom stereocenters. The summed E-state index contributed by atoms with van der Waals surface area (Å²) in [7, 11) is 0. The van der Waals surface area contributed by atoms with Crippen molar-refractivity contribution in [2.24, 2.45) is 0 Å². The third-order valence-corrected chi connectivity index (χ3v) is 3.76. The van der Waals surface area contributed by atoms with Crippen molar-refractivity contribution in [3.8, 4) is 11.3 Å². The van der Waals surface area contributed by atoms with Crippen LogP contribution in [0.4, 0.5) is 0 Å². The first-order chi connectivity index (χ1) is 10.8. The van der Waals surface area contributed by atoms with E-state index in [4.69, 9.17) is 0 Å². The van der Waals surface area contributed by atoms with E-state index in [1.165, 1.54) is 0 Å². The van der Waals surface area contributed by atoms with Crippen LogP contribution in [0.3, 0.4) is 0 Å². The van der Waals surface area contributed by atoms with Gasteiger partial charge in [0.15, 0.2) is 0 Å². The Balaban J connectivity index is 1.99. The van der Waals surface area contributed by atoms with Crippen LogP contribution in [0.2, 0.25) is 0 Å². The van der Waals surface area contributed by atoms with E-state index in [-0.39, 0.29) is 11.7 Å². The van der Waals surface area contributed by atoms with Gasteiger partial charge in [-0.05, 0) is 11.1 Å². The molecule has 0 aliphatic rings. The summed E-state index contributed by atoms with van der Waals surface area (Å²) in [6.45, 7) is 1.89. The van der Waals surface area contributed by atoms with Crippen LogP contribution in [0.1, 0.15) is 30.7 Å². The Hall–Kier alpha value is -2.68. The lowest BCUT2D eigenvalue weighted by Gasteiger charge is -2.13. The zero-order valence-electron chi connectivity index (χ0n) is 12.5. The van der Waals surface area contributed by atoms with Crippen molar-refractivity contribution < 1.29 is 4.79 Å². The van der Waals surface area contributed by atoms with Crippen LogP contribution in [0, 0.1) is 0 Å². The fourth-order valence-corrected chi connectivity index (χ4v) is 2.59. The number of carbonyl (C=O) groups is 1. The molecule has 0 fully saturated rings. The molecule has 0 radical (unpaired) electrons. The second kappa shape index (κ2) is 6.39. The van der Waals surface area contributed by atoms with Gasteiger partial charge in [0.1, 0.15) is 17.5 Å². The summed E-state index contributed by atoms with van der Waals surface area (Å²) in [6, 6.07) is 19.8. The predicted octanol–water partition coefficient (Wildman–Crippen LogP) is 4.19. The third-order valence-electron chi connectivity index (χ3n) is 3.76. The zero-order valence-corrected chi connectivity index (χ0v) is 12.5. The predicted molar refractivity (Wildman–Crippen MR) is 87.6 cm³/mol. The van der Waals surface area contributed by atoms with Gasteiger partial charge in [0.05, 0.1) is 11.9 Å². The molecule has 3 nitrogen and oxygen atoms in total. The van der Waals surface area contributed by atoms with E-state index < -0.39 is 0 Å². The largest absolute Gasteiger partial charge is 0.341 e. The van der Waals surface area contributed by atoms with E-state index in [0.29, 0.717) is 12.2 Å². The van der Waals surface area contributed by atoms with Gasteiger partial charge in [0, 0.05) is 6.42 Å². The number of benzene rings is 2. The van der Waals surface area contributed by atoms with Gasteiger partial charge in [0.25, 0.3) is 0 Å². The first-order valence-electron chi connectivity index (χ1n) is 7.47. The summed E-state index contributed by atoms with van der Waals surface area (Å²) in [5, 5.41) is 0. The lowest BCUT2D eigenvalue weighted by Crippen LogP contribution is -2.14. The van der Waals surface area contributed by atoms with Crippen molar-refractivity contribution >= 4 is 5.78 Å². The molecule has 1 N–H and O–H groups in total. The SMILES string of the molecule is CCC(=O)C(c1ccccc1)c1ncc(-c2ccccc2)[nH]1. The fourth-order valence-electron chi connectivity index (χ4n) is 2.59. The number of carbonyl (C=O) groups excluding carboxylic acids is 1. The fraction of sp³-hybridized carbons (Fsp3) is 0.158. The number of hydrogen-bond donors (Lipinski definition) is 1. The summed E-state index contributed by atoms with van der Waals surface area (Å²) in [6.07, 6.45) is 2.28. The van der Waals surface area contributed by atoms with Crippen LogP contribution < -0.4 is 0 Å². The highest BCUT2D eigenvalue weighted by Crippen LogP contribution is 2.26. The molecule has 1 aromatic heterocycles. The van der Waals surface area contributed by atoms with Crippen LogP contribution in [0.5, 0.6) is 0 Å². The average molecular weight is 290 g/mol. The minimum atomic E-state index is -0.330. The second-order valence-electron chi connectivity index (χ2n) is 5.21. The third kappa shape index (κ3) is 2.84. The monoisotopic (exact) mass is 290 g/mol. The van der Waals surface area contributed by atoms with Crippen molar-refractivity contribution in [1.82, 2.24) is 9.97 Å². The molecule has 110 valence electrons. The van der Waals surface area contributed by atoms with Gasteiger partial charge in [-0.25, -0.2) is 4.98 Å². The molecular weight excluding hydrogens is 272 g/mol. The number of nitrogens with zero attached hydrogens (tertiary/aromatic N) is 1. The Labute approximate surface area is 130 Å². The number of imidazole rings is 1. The number of ketones is 1. The molecule has 3 aromatic rings. The van der Waals surface area contributed by atoms with E-state index in [9.17, 15) is 4.79 Å². The number of Topliss-reactive ketones (excluding diaryl/α,β-unsaturated/α-hetero) is 1. The molecule has 0 amide bonds. The maximum atomic E-state index is 12.4. The molecule has 0 aliphatic heterocycles. The van der Waals surface area contributed by atoms with Gasteiger partial charge in [-0.3, -0.25) is 4.79 Å². The number of rotatable bonds is 5. The summed E-state index contributed by atoms with van der Waals surface area (Å²) in [5.74, 6) is 0.542. The Morgan fingerprint density at radius 2 is 1.68 bits per heavy atom. The molecule has 3 rings (SSSR count). The average Bonchev–Trinajstić information content (AvgIpc) is 3.06. The number of aromatic nitrogens is 2. The zero-order chi connectivity index (χ0) is 15.4. The summed E-state index contributed by atoms with van der Waals surface area (Å²) < 4.78 is 0. The van der Waals surface area contributed by atoms with E-state index in [0.717, 1.165) is 16.8 Å². The first kappa shape index (κ1) is 14.3. The molecule has 22 heavy (non-hydrogen) atoms. The van der Waals surface area contributed by atoms with Gasteiger partial charge < -0.3 is 4.98 Å². The van der Waals surface area contributed by atoms with Crippen molar-refractivity contribution in [3.63, 3.8) is 0 Å². The topological polar surface area (TPSA) is 45.8 Å². The van der Waals surface area contributed by atoms with Gasteiger partial charge in [-0.2, -0.15) is 0 Å². The molecule has 0 saturated carbocycles. The molecule has 3 heteroatoms. The van der Waals surface area contributed by atoms with Crippen molar-refractivity contribution in [2.45, 2.75) is 19.3 Å². The molecule has 1 heterocycles. The summed E-state index contributed by atoms with van der Waals surface area (Å²) >= 11 is 0. The number of nitrogens with one attached hydrogen (secondary N) is 1. The normalized spacial score (nSPS) is 12.0. The van der Waals surface area contributed by atoms with Crippen LogP contribution in [0.25, 0.3) is 11.3 Å². The van der Waals surface area contributed by atoms with Crippen LogP contribution in [0.15, 0.2) is 66.9 Å². The van der Waals surface area contributed by atoms with Gasteiger partial charge in [0.2, 0.25) is 0 Å². The standard InChI is InChI=1S/C19H18N2O/c1-2-17(22)18(15-11-7-4-8-12-15)19-20-13-16(21-19)14-9-5-3-6-10-14/h3-13,18H,2H2,1H3,(H,20,21). The Kier molecular flexibility index (Phi) is 4.15. The minimum Gasteiger partial charge on any atom is -0.341 e. The second-order valence-corrected chi connectivity index (χ2v) is 5.21. The number of hydrogen-bond acceptors (Lipinski definition) is 2. The van der Waals surface area contributed by atoms with Crippen LogP contribution in [-0.4, -0.2) is 15.8 Å². The minimum absolute atomic E-state index is 0.167. The van der Waals surface area contributed by atoms with Crippen molar-refractivity contribution in [1.29, 1.82) is 0 Å². The van der Waals surface area contributed by atoms with E-state index in [1.54, 1.807) is 6.20 Å². The molecule has 0 bridgehead atoms. The van der Waals surface area contributed by atoms with Crippen LogP contribution >= 0.6 is 0 Å². The van der Waals surface area contributed by atoms with E-state index in [2.05, 4.69) is 9.97 Å². The Bertz CT molecular complexity index is 747. The molecule has 0 aliphatic carbocycles. The van der Waals surface area contributed by atoms with Crippen LogP contribution in [-0.2, 0) is 4.79 Å². The maximum Gasteiger partial charge on any atom is 0.147 e. The smallest absolute Gasteiger partial charge is 0.147 e. The Morgan fingerprint density at radius 1 is 1.05 bits per heavy atom. The number of aromatic amines is 1. The molecule has 2 aromatic carbocycles. The molecule has 1 unspecified atom stereocenters. The quantitative estimate of drug-likeness (QED) is 0.766. The molecular formula is C19H18N2O. The van der Waals surface area contributed by atoms with Crippen molar-refractivity contribution in [3.05, 3.63) is 78.2 Å². The lowest BCUT2D eigenvalue weighted by atomic mass is 9.92. The Morgan fingerprint density at radius 3 is 2.32 bits per heavy atom. The number of H-pyrrole nitrogens is 1. The maximum absolute atomic E-state index is 12.4. The highest BCUT2D eigenvalue weighted by molar-refractivity contribution is 5.88. The van der Waals surface area contributed by atoms with E-state index >= 15 is 0 Å². The van der Waals surface area contributed by atoms with Gasteiger partial charge in [-0.1, -0.05) is 67.6 Å². The van der Waals surface area contributed by atoms with Gasteiger partial charge >= 0.3 is 0 Å². The molecule has 0 saturated heterocycles. The molecule has 0 spiro atoms. The van der Waals surface area contributed by atoms with Crippen molar-refractivity contribution in [2.75, 3.05) is 0 Å². The lowest BCUT2D eigenvalue weighted by molar-refractivity contribution is -0.119. The highest BCUT2D eigenvalue weighted by Gasteiger charge is 2.24. The van der Waals surface area contributed by atoms with E-state index in [1.807, 2.05) is 67.6 Å². The van der Waals surface area contributed by atoms with Gasteiger partial charge in [-0.15, -0.1) is 0 Å². The highest BCUT2D eigenvalue weighted by atomic mass is 16.1. The summed E-state index contributed by atoms with van der Waals surface area (Å²) in [4.78, 5) is 20.2. The first-order valence-corrected chi connectivity index (χ1v) is 7.47.